The van der Waals surface area contributed by atoms with Crippen LogP contribution >= 0.6 is 11.3 Å². The lowest BCUT2D eigenvalue weighted by molar-refractivity contribution is -0.172. The van der Waals surface area contributed by atoms with Gasteiger partial charge in [0, 0.05) is 30.0 Å². The molecule has 0 aliphatic heterocycles. The highest BCUT2D eigenvalue weighted by Gasteiger charge is 2.63. The molecule has 118 valence electrons. The molecule has 0 spiro atoms. The lowest BCUT2D eigenvalue weighted by Crippen LogP contribution is -2.76. The minimum Gasteiger partial charge on any atom is -0.378 e. The second-order valence-corrected chi connectivity index (χ2v) is 7.65. The van der Waals surface area contributed by atoms with Gasteiger partial charge in [-0.3, -0.25) is 4.79 Å². The summed E-state index contributed by atoms with van der Waals surface area (Å²) in [5.74, 6) is -0.136. The van der Waals surface area contributed by atoms with E-state index in [0.717, 1.165) is 5.01 Å². The Balaban J connectivity index is 2.11. The average Bonchev–Trinajstić information content (AvgIpc) is 2.92. The maximum atomic E-state index is 12.7. The standard InChI is InChI=1S/C15H25N3O2S/c1-6-20-10-9-15(16,13(10,2)3)11(19)18-14(4,5)12-17-7-8-21-12/h7-8,10H,6,9,16H2,1-5H3,(H,18,19). The van der Waals surface area contributed by atoms with E-state index in [9.17, 15) is 4.79 Å². The van der Waals surface area contributed by atoms with E-state index in [1.807, 2.05) is 40.0 Å². The Morgan fingerprint density at radius 3 is 2.76 bits per heavy atom. The summed E-state index contributed by atoms with van der Waals surface area (Å²) in [5, 5.41) is 5.82. The van der Waals surface area contributed by atoms with E-state index >= 15 is 0 Å². The van der Waals surface area contributed by atoms with Crippen molar-refractivity contribution in [2.75, 3.05) is 6.61 Å². The first-order chi connectivity index (χ1) is 9.65. The second-order valence-electron chi connectivity index (χ2n) is 6.76. The van der Waals surface area contributed by atoms with Crippen molar-refractivity contribution in [2.24, 2.45) is 11.1 Å². The molecule has 5 nitrogen and oxygen atoms in total. The van der Waals surface area contributed by atoms with Crippen LogP contribution < -0.4 is 11.1 Å². The molecule has 1 amide bonds. The van der Waals surface area contributed by atoms with E-state index in [2.05, 4.69) is 10.3 Å². The van der Waals surface area contributed by atoms with Crippen molar-refractivity contribution in [3.05, 3.63) is 16.6 Å². The Kier molecular flexibility index (Phi) is 4.17. The first kappa shape index (κ1) is 16.4. The van der Waals surface area contributed by atoms with Crippen molar-refractivity contribution in [1.82, 2.24) is 10.3 Å². The van der Waals surface area contributed by atoms with Crippen molar-refractivity contribution in [3.63, 3.8) is 0 Å². The number of nitrogens with two attached hydrogens (primary N) is 1. The fraction of sp³-hybridized carbons (Fsp3) is 0.733. The van der Waals surface area contributed by atoms with Crippen LogP contribution in [0.5, 0.6) is 0 Å². The van der Waals surface area contributed by atoms with Crippen LogP contribution in [0, 0.1) is 5.41 Å². The number of aromatic nitrogens is 1. The molecule has 21 heavy (non-hydrogen) atoms. The molecular weight excluding hydrogens is 286 g/mol. The van der Waals surface area contributed by atoms with Crippen LogP contribution in [0.25, 0.3) is 0 Å². The minimum absolute atomic E-state index is 0.0289. The van der Waals surface area contributed by atoms with Gasteiger partial charge in [0.05, 0.1) is 11.6 Å². The summed E-state index contributed by atoms with van der Waals surface area (Å²) in [5.41, 5.74) is 4.59. The minimum atomic E-state index is -0.901. The van der Waals surface area contributed by atoms with Crippen molar-refractivity contribution in [3.8, 4) is 0 Å². The van der Waals surface area contributed by atoms with Crippen LogP contribution in [0.4, 0.5) is 0 Å². The highest BCUT2D eigenvalue weighted by atomic mass is 32.1. The maximum absolute atomic E-state index is 12.7. The lowest BCUT2D eigenvalue weighted by atomic mass is 9.54. The third-order valence-corrected chi connectivity index (χ3v) is 5.72. The molecule has 1 aliphatic carbocycles. The fourth-order valence-electron chi connectivity index (χ4n) is 2.80. The SMILES string of the molecule is CCOC1CC(N)(C(=O)NC(C)(C)c2nccs2)C1(C)C. The highest BCUT2D eigenvalue weighted by Crippen LogP contribution is 2.50. The van der Waals surface area contributed by atoms with Gasteiger partial charge in [-0.05, 0) is 20.8 Å². The molecule has 2 rings (SSSR count). The van der Waals surface area contributed by atoms with Crippen LogP contribution in [0.15, 0.2) is 11.6 Å². The molecule has 6 heteroatoms. The van der Waals surface area contributed by atoms with Crippen LogP contribution in [-0.2, 0) is 15.1 Å². The summed E-state index contributed by atoms with van der Waals surface area (Å²) in [7, 11) is 0. The van der Waals surface area contributed by atoms with E-state index < -0.39 is 11.1 Å². The molecule has 3 N–H and O–H groups in total. The summed E-state index contributed by atoms with van der Waals surface area (Å²) in [4.78, 5) is 17.0. The van der Waals surface area contributed by atoms with Gasteiger partial charge in [-0.25, -0.2) is 4.98 Å². The van der Waals surface area contributed by atoms with E-state index in [1.165, 1.54) is 11.3 Å². The molecule has 0 saturated heterocycles. The highest BCUT2D eigenvalue weighted by molar-refractivity contribution is 7.09. The van der Waals surface area contributed by atoms with Crippen molar-refractivity contribution in [1.29, 1.82) is 0 Å². The van der Waals surface area contributed by atoms with Gasteiger partial charge >= 0.3 is 0 Å². The zero-order chi connectivity index (χ0) is 15.9. The summed E-state index contributed by atoms with van der Waals surface area (Å²) in [6.07, 6.45) is 2.32. The molecule has 1 aliphatic rings. The van der Waals surface area contributed by atoms with E-state index in [-0.39, 0.29) is 17.4 Å². The number of nitrogens with one attached hydrogen (secondary N) is 1. The maximum Gasteiger partial charge on any atom is 0.241 e. The Morgan fingerprint density at radius 2 is 2.29 bits per heavy atom. The molecule has 1 aromatic heterocycles. The number of thiazole rings is 1. The molecule has 1 aromatic rings. The average molecular weight is 311 g/mol. The summed E-state index contributed by atoms with van der Waals surface area (Å²) >= 11 is 1.53. The molecule has 1 fully saturated rings. The lowest BCUT2D eigenvalue weighted by Gasteiger charge is -2.58. The molecule has 1 heterocycles. The Hall–Kier alpha value is -0.980. The Labute approximate surface area is 130 Å². The van der Waals surface area contributed by atoms with Crippen LogP contribution in [0.2, 0.25) is 0 Å². The van der Waals surface area contributed by atoms with Gasteiger partial charge in [-0.1, -0.05) is 13.8 Å². The molecule has 0 radical (unpaired) electrons. The molecule has 2 unspecified atom stereocenters. The fourth-order valence-corrected chi connectivity index (χ4v) is 3.52. The smallest absolute Gasteiger partial charge is 0.241 e. The molecule has 0 bridgehead atoms. The van der Waals surface area contributed by atoms with Gasteiger partial charge in [-0.2, -0.15) is 0 Å². The van der Waals surface area contributed by atoms with Crippen LogP contribution in [0.1, 0.15) is 46.0 Å². The predicted octanol–water partition coefficient (Wildman–Crippen LogP) is 2.03. The van der Waals surface area contributed by atoms with Crippen molar-refractivity contribution < 1.29 is 9.53 Å². The van der Waals surface area contributed by atoms with Gasteiger partial charge in [0.25, 0.3) is 0 Å². The number of ether oxygens (including phenoxy) is 1. The third kappa shape index (κ3) is 2.60. The monoisotopic (exact) mass is 311 g/mol. The number of carbonyl (C=O) groups excluding carboxylic acids is 1. The summed E-state index contributed by atoms with van der Waals surface area (Å²) < 4.78 is 5.67. The van der Waals surface area contributed by atoms with E-state index in [1.54, 1.807) is 6.20 Å². The van der Waals surface area contributed by atoms with Crippen LogP contribution in [-0.4, -0.2) is 29.1 Å². The van der Waals surface area contributed by atoms with Crippen molar-refractivity contribution >= 4 is 17.2 Å². The number of hydrogen-bond acceptors (Lipinski definition) is 5. The van der Waals surface area contributed by atoms with E-state index in [4.69, 9.17) is 10.5 Å². The quantitative estimate of drug-likeness (QED) is 0.872. The summed E-state index contributed by atoms with van der Waals surface area (Å²) in [6, 6.07) is 0. The zero-order valence-electron chi connectivity index (χ0n) is 13.4. The number of carbonyl (C=O) groups is 1. The predicted molar refractivity (Wildman–Crippen MR) is 84.0 cm³/mol. The first-order valence-corrected chi connectivity index (χ1v) is 8.16. The van der Waals surface area contributed by atoms with Gasteiger partial charge in [0.1, 0.15) is 10.5 Å². The van der Waals surface area contributed by atoms with Gasteiger partial charge in [0.15, 0.2) is 0 Å². The largest absolute Gasteiger partial charge is 0.378 e. The Morgan fingerprint density at radius 1 is 1.62 bits per heavy atom. The first-order valence-electron chi connectivity index (χ1n) is 7.28. The van der Waals surface area contributed by atoms with Gasteiger partial charge in [0.2, 0.25) is 5.91 Å². The molecule has 0 aromatic carbocycles. The topological polar surface area (TPSA) is 77.2 Å². The van der Waals surface area contributed by atoms with Gasteiger partial charge in [-0.15, -0.1) is 11.3 Å². The number of rotatable bonds is 5. The molecule has 2 atom stereocenters. The molecular formula is C15H25N3O2S. The van der Waals surface area contributed by atoms with Crippen molar-refractivity contribution in [2.45, 2.75) is 58.2 Å². The van der Waals surface area contributed by atoms with E-state index in [0.29, 0.717) is 13.0 Å². The zero-order valence-corrected chi connectivity index (χ0v) is 14.2. The number of nitrogens with zero attached hydrogens (tertiary/aromatic N) is 1. The van der Waals surface area contributed by atoms with Crippen LogP contribution in [0.3, 0.4) is 0 Å². The third-order valence-electron chi connectivity index (χ3n) is 4.63. The molecule has 1 saturated carbocycles. The summed E-state index contributed by atoms with van der Waals surface area (Å²) in [6.45, 7) is 10.5. The second kappa shape index (κ2) is 5.34. The number of hydrogen-bond donors (Lipinski definition) is 2. The number of amides is 1. The Bertz CT molecular complexity index is 513. The normalized spacial score (nSPS) is 28.0. The van der Waals surface area contributed by atoms with Gasteiger partial charge < -0.3 is 15.8 Å².